The van der Waals surface area contributed by atoms with Crippen molar-refractivity contribution in [1.82, 2.24) is 20.3 Å². The van der Waals surface area contributed by atoms with Crippen molar-refractivity contribution in [1.29, 1.82) is 0 Å². The Morgan fingerprint density at radius 1 is 1.29 bits per heavy atom. The van der Waals surface area contributed by atoms with Gasteiger partial charge in [0, 0.05) is 24.1 Å². The molecule has 1 heterocycles. The predicted molar refractivity (Wildman–Crippen MR) is 82.5 cm³/mol. The SMILES string of the molecule is CC(C)NCc1cn(-c2cccc(C(=O)C(C)C)c2)nn1. The summed E-state index contributed by atoms with van der Waals surface area (Å²) in [4.78, 5) is 12.1. The zero-order valence-corrected chi connectivity index (χ0v) is 13.0. The Morgan fingerprint density at radius 3 is 2.71 bits per heavy atom. The monoisotopic (exact) mass is 286 g/mol. The van der Waals surface area contributed by atoms with Crippen molar-refractivity contribution in [2.45, 2.75) is 40.3 Å². The van der Waals surface area contributed by atoms with Crippen molar-refractivity contribution >= 4 is 5.78 Å². The standard InChI is InChI=1S/C16H22N4O/c1-11(2)16(21)13-6-5-7-15(8-13)20-10-14(18-19-20)9-17-12(3)4/h5-8,10-12,17H,9H2,1-4H3. The number of nitrogens with zero attached hydrogens (tertiary/aromatic N) is 3. The minimum Gasteiger partial charge on any atom is -0.309 e. The quantitative estimate of drug-likeness (QED) is 0.829. The average molecular weight is 286 g/mol. The van der Waals surface area contributed by atoms with Crippen LogP contribution in [-0.4, -0.2) is 26.8 Å². The number of ketones is 1. The smallest absolute Gasteiger partial charge is 0.165 e. The molecular weight excluding hydrogens is 264 g/mol. The van der Waals surface area contributed by atoms with Crippen molar-refractivity contribution in [3.8, 4) is 5.69 Å². The van der Waals surface area contributed by atoms with Crippen LogP contribution in [-0.2, 0) is 6.54 Å². The number of carbonyl (C=O) groups is 1. The maximum atomic E-state index is 12.1. The first-order valence-corrected chi connectivity index (χ1v) is 7.26. The lowest BCUT2D eigenvalue weighted by atomic mass is 10.0. The fourth-order valence-electron chi connectivity index (χ4n) is 1.95. The van der Waals surface area contributed by atoms with Crippen LogP contribution in [0, 0.1) is 5.92 Å². The van der Waals surface area contributed by atoms with Crippen LogP contribution in [0.3, 0.4) is 0 Å². The van der Waals surface area contributed by atoms with Crippen LogP contribution in [0.25, 0.3) is 5.69 Å². The molecule has 2 aromatic rings. The summed E-state index contributed by atoms with van der Waals surface area (Å²) in [5.41, 5.74) is 2.44. The molecule has 0 spiro atoms. The molecule has 2 rings (SSSR count). The summed E-state index contributed by atoms with van der Waals surface area (Å²) in [6.45, 7) is 8.67. The summed E-state index contributed by atoms with van der Waals surface area (Å²) < 4.78 is 1.70. The first kappa shape index (κ1) is 15.4. The fraction of sp³-hybridized carbons (Fsp3) is 0.438. The highest BCUT2D eigenvalue weighted by atomic mass is 16.1. The van der Waals surface area contributed by atoms with Gasteiger partial charge in [-0.2, -0.15) is 0 Å². The first-order valence-electron chi connectivity index (χ1n) is 7.26. The second-order valence-corrected chi connectivity index (χ2v) is 5.76. The van der Waals surface area contributed by atoms with Gasteiger partial charge in [0.1, 0.15) is 0 Å². The number of carbonyl (C=O) groups excluding carboxylic acids is 1. The van der Waals surface area contributed by atoms with Gasteiger partial charge in [0.15, 0.2) is 5.78 Å². The molecule has 0 aliphatic rings. The van der Waals surface area contributed by atoms with Crippen LogP contribution >= 0.6 is 0 Å². The summed E-state index contributed by atoms with van der Waals surface area (Å²) in [7, 11) is 0. The second-order valence-electron chi connectivity index (χ2n) is 5.76. The van der Waals surface area contributed by atoms with Crippen LogP contribution in [0.4, 0.5) is 0 Å². The number of nitrogens with one attached hydrogen (secondary N) is 1. The first-order chi connectivity index (χ1) is 9.97. The van der Waals surface area contributed by atoms with Crippen LogP contribution in [0.5, 0.6) is 0 Å². The highest BCUT2D eigenvalue weighted by Crippen LogP contribution is 2.14. The van der Waals surface area contributed by atoms with E-state index < -0.39 is 0 Å². The van der Waals surface area contributed by atoms with E-state index in [-0.39, 0.29) is 11.7 Å². The number of rotatable bonds is 6. The molecule has 0 radical (unpaired) electrons. The number of hydrogen-bond donors (Lipinski definition) is 1. The molecule has 5 nitrogen and oxygen atoms in total. The number of Topliss-reactive ketones (excluding diaryl/α,β-unsaturated/α-hetero) is 1. The van der Waals surface area contributed by atoms with Crippen molar-refractivity contribution in [2.75, 3.05) is 0 Å². The highest BCUT2D eigenvalue weighted by molar-refractivity contribution is 5.97. The second kappa shape index (κ2) is 6.63. The topological polar surface area (TPSA) is 59.8 Å². The van der Waals surface area contributed by atoms with E-state index in [1.54, 1.807) is 4.68 Å². The molecule has 0 bridgehead atoms. The normalized spacial score (nSPS) is 11.3. The largest absolute Gasteiger partial charge is 0.309 e. The molecule has 112 valence electrons. The van der Waals surface area contributed by atoms with Gasteiger partial charge in [-0.15, -0.1) is 5.10 Å². The van der Waals surface area contributed by atoms with Crippen LogP contribution in [0.15, 0.2) is 30.5 Å². The molecule has 0 aliphatic heterocycles. The van der Waals surface area contributed by atoms with E-state index in [4.69, 9.17) is 0 Å². The predicted octanol–water partition coefficient (Wildman–Crippen LogP) is 2.60. The van der Waals surface area contributed by atoms with Gasteiger partial charge in [-0.05, 0) is 12.1 Å². The summed E-state index contributed by atoms with van der Waals surface area (Å²) in [5, 5.41) is 11.6. The molecule has 1 aromatic heterocycles. The van der Waals surface area contributed by atoms with Gasteiger partial charge in [-0.1, -0.05) is 45.0 Å². The van der Waals surface area contributed by atoms with E-state index in [0.29, 0.717) is 18.2 Å². The lowest BCUT2D eigenvalue weighted by Gasteiger charge is -2.06. The lowest BCUT2D eigenvalue weighted by molar-refractivity contribution is 0.0939. The Kier molecular flexibility index (Phi) is 4.85. The Labute approximate surface area is 125 Å². The van der Waals surface area contributed by atoms with E-state index in [9.17, 15) is 4.79 Å². The Bertz CT molecular complexity index is 616. The Morgan fingerprint density at radius 2 is 2.05 bits per heavy atom. The number of aromatic nitrogens is 3. The highest BCUT2D eigenvalue weighted by Gasteiger charge is 2.11. The van der Waals surface area contributed by atoms with Gasteiger partial charge in [0.05, 0.1) is 17.6 Å². The van der Waals surface area contributed by atoms with Gasteiger partial charge >= 0.3 is 0 Å². The molecule has 1 aromatic carbocycles. The maximum Gasteiger partial charge on any atom is 0.165 e. The van der Waals surface area contributed by atoms with Gasteiger partial charge < -0.3 is 5.32 Å². The summed E-state index contributed by atoms with van der Waals surface area (Å²) >= 11 is 0. The molecule has 0 saturated carbocycles. The fourth-order valence-corrected chi connectivity index (χ4v) is 1.95. The summed E-state index contributed by atoms with van der Waals surface area (Å²) in [5.74, 6) is 0.125. The molecule has 0 aliphatic carbocycles. The summed E-state index contributed by atoms with van der Waals surface area (Å²) in [6, 6.07) is 7.90. The molecule has 0 amide bonds. The number of benzene rings is 1. The van der Waals surface area contributed by atoms with Gasteiger partial charge in [0.2, 0.25) is 0 Å². The third kappa shape index (κ3) is 3.98. The van der Waals surface area contributed by atoms with Crippen molar-refractivity contribution in [2.24, 2.45) is 5.92 Å². The molecular formula is C16H22N4O. The van der Waals surface area contributed by atoms with Gasteiger partial charge in [-0.25, -0.2) is 4.68 Å². The lowest BCUT2D eigenvalue weighted by Crippen LogP contribution is -2.21. The summed E-state index contributed by atoms with van der Waals surface area (Å²) in [6.07, 6.45) is 1.88. The minimum absolute atomic E-state index is 0.0122. The Hall–Kier alpha value is -2.01. The molecule has 5 heteroatoms. The average Bonchev–Trinajstić information content (AvgIpc) is 2.93. The molecule has 0 saturated heterocycles. The van der Waals surface area contributed by atoms with Crippen molar-refractivity contribution in [3.63, 3.8) is 0 Å². The van der Waals surface area contributed by atoms with Crippen LogP contribution < -0.4 is 5.32 Å². The van der Waals surface area contributed by atoms with Gasteiger partial charge in [-0.3, -0.25) is 4.79 Å². The third-order valence-corrected chi connectivity index (χ3v) is 3.15. The minimum atomic E-state index is -0.0122. The zero-order valence-electron chi connectivity index (χ0n) is 13.0. The maximum absolute atomic E-state index is 12.1. The van der Waals surface area contributed by atoms with Gasteiger partial charge in [0.25, 0.3) is 0 Å². The van der Waals surface area contributed by atoms with Crippen molar-refractivity contribution in [3.05, 3.63) is 41.7 Å². The van der Waals surface area contributed by atoms with E-state index in [0.717, 1.165) is 11.4 Å². The molecule has 0 fully saturated rings. The van der Waals surface area contributed by atoms with E-state index in [1.807, 2.05) is 44.3 Å². The Balaban J connectivity index is 2.18. The van der Waals surface area contributed by atoms with E-state index in [1.165, 1.54) is 0 Å². The third-order valence-electron chi connectivity index (χ3n) is 3.15. The van der Waals surface area contributed by atoms with E-state index >= 15 is 0 Å². The molecule has 0 unspecified atom stereocenters. The molecule has 21 heavy (non-hydrogen) atoms. The zero-order chi connectivity index (χ0) is 15.4. The molecule has 1 N–H and O–H groups in total. The molecule has 0 atom stereocenters. The van der Waals surface area contributed by atoms with E-state index in [2.05, 4.69) is 29.5 Å². The number of hydrogen-bond acceptors (Lipinski definition) is 4. The van der Waals surface area contributed by atoms with Crippen molar-refractivity contribution < 1.29 is 4.79 Å². The van der Waals surface area contributed by atoms with Crippen LogP contribution in [0.2, 0.25) is 0 Å². The van der Waals surface area contributed by atoms with Crippen LogP contribution in [0.1, 0.15) is 43.7 Å².